The number of nitrogens with one attached hydrogen (secondary N) is 2. The Morgan fingerprint density at radius 3 is 2.29 bits per heavy atom. The number of halogens is 1. The molecule has 0 unspecified atom stereocenters. The summed E-state index contributed by atoms with van der Waals surface area (Å²) in [5, 5.41) is 5.40. The minimum Gasteiger partial charge on any atom is -0.462 e. The Kier molecular flexibility index (Phi) is 6.81. The number of aryl methyl sites for hydroxylation is 1. The Balaban J connectivity index is 1.95. The van der Waals surface area contributed by atoms with Gasteiger partial charge in [-0.05, 0) is 50.6 Å². The van der Waals surface area contributed by atoms with Crippen molar-refractivity contribution in [3.8, 4) is 0 Å². The second-order valence-corrected chi connectivity index (χ2v) is 7.76. The normalized spacial score (nSPS) is 10.5. The first-order valence-corrected chi connectivity index (χ1v) is 10.4. The number of anilines is 2. The van der Waals surface area contributed by atoms with E-state index in [2.05, 4.69) is 10.6 Å². The van der Waals surface area contributed by atoms with Crippen LogP contribution in [-0.2, 0) is 4.74 Å². The first-order valence-electron chi connectivity index (χ1n) is 9.56. The van der Waals surface area contributed by atoms with Crippen molar-refractivity contribution in [2.45, 2.75) is 20.8 Å². The van der Waals surface area contributed by atoms with Gasteiger partial charge in [0, 0.05) is 5.56 Å². The molecule has 0 fully saturated rings. The summed E-state index contributed by atoms with van der Waals surface area (Å²) in [6.07, 6.45) is 0. The van der Waals surface area contributed by atoms with Gasteiger partial charge in [-0.15, -0.1) is 11.3 Å². The van der Waals surface area contributed by atoms with Crippen molar-refractivity contribution >= 4 is 39.8 Å². The van der Waals surface area contributed by atoms with Crippen molar-refractivity contribution in [1.82, 2.24) is 0 Å². The van der Waals surface area contributed by atoms with Crippen molar-refractivity contribution in [2.75, 3.05) is 17.2 Å². The van der Waals surface area contributed by atoms with Crippen LogP contribution in [0.25, 0.3) is 0 Å². The van der Waals surface area contributed by atoms with Crippen LogP contribution in [0, 0.1) is 19.7 Å². The summed E-state index contributed by atoms with van der Waals surface area (Å²) in [7, 11) is 0. The van der Waals surface area contributed by atoms with Crippen molar-refractivity contribution in [3.63, 3.8) is 0 Å². The summed E-state index contributed by atoms with van der Waals surface area (Å²) in [4.78, 5) is 38.2. The zero-order chi connectivity index (χ0) is 22.5. The van der Waals surface area contributed by atoms with Crippen LogP contribution in [0.1, 0.15) is 48.4 Å². The van der Waals surface area contributed by atoms with Gasteiger partial charge >= 0.3 is 5.97 Å². The van der Waals surface area contributed by atoms with Gasteiger partial charge in [0.25, 0.3) is 11.8 Å². The summed E-state index contributed by atoms with van der Waals surface area (Å²) in [5.74, 6) is -2.24. The van der Waals surface area contributed by atoms with Gasteiger partial charge in [0.15, 0.2) is 0 Å². The molecule has 3 rings (SSSR count). The number of para-hydroxylation sites is 1. The van der Waals surface area contributed by atoms with Gasteiger partial charge in [-0.25, -0.2) is 9.18 Å². The van der Waals surface area contributed by atoms with Gasteiger partial charge in [0.1, 0.15) is 10.8 Å². The minimum atomic E-state index is -0.652. The van der Waals surface area contributed by atoms with Crippen LogP contribution in [0.3, 0.4) is 0 Å². The number of esters is 1. The van der Waals surface area contributed by atoms with E-state index in [1.807, 2.05) is 6.92 Å². The molecule has 0 bridgehead atoms. The molecule has 0 atom stereocenters. The molecule has 0 spiro atoms. The smallest absolute Gasteiger partial charge is 0.341 e. The molecule has 6 nitrogen and oxygen atoms in total. The van der Waals surface area contributed by atoms with E-state index in [1.165, 1.54) is 18.2 Å². The van der Waals surface area contributed by atoms with Gasteiger partial charge in [0.05, 0.1) is 22.7 Å². The van der Waals surface area contributed by atoms with Crippen molar-refractivity contribution in [2.24, 2.45) is 0 Å². The fraction of sp³-hybridized carbons (Fsp3) is 0.174. The van der Waals surface area contributed by atoms with Gasteiger partial charge < -0.3 is 15.4 Å². The van der Waals surface area contributed by atoms with Crippen LogP contribution in [0.4, 0.5) is 15.1 Å². The third-order valence-corrected chi connectivity index (χ3v) is 5.70. The van der Waals surface area contributed by atoms with Crippen LogP contribution in [0.5, 0.6) is 0 Å². The van der Waals surface area contributed by atoms with Crippen LogP contribution in [0.2, 0.25) is 0 Å². The number of carbonyl (C=O) groups is 3. The Morgan fingerprint density at radius 1 is 0.968 bits per heavy atom. The average molecular weight is 440 g/mol. The first-order chi connectivity index (χ1) is 14.8. The maximum absolute atomic E-state index is 13.9. The van der Waals surface area contributed by atoms with Crippen LogP contribution >= 0.6 is 11.3 Å². The molecule has 0 radical (unpaired) electrons. The lowest BCUT2D eigenvalue weighted by Crippen LogP contribution is -2.15. The Hall–Kier alpha value is -3.52. The summed E-state index contributed by atoms with van der Waals surface area (Å²) in [6, 6.07) is 12.7. The molecule has 0 aliphatic carbocycles. The zero-order valence-electron chi connectivity index (χ0n) is 17.2. The Labute approximate surface area is 183 Å². The number of benzene rings is 2. The number of hydrogen-bond acceptors (Lipinski definition) is 5. The highest BCUT2D eigenvalue weighted by molar-refractivity contribution is 7.19. The average Bonchev–Trinajstić information content (AvgIpc) is 3.06. The highest BCUT2D eigenvalue weighted by Gasteiger charge is 2.27. The van der Waals surface area contributed by atoms with Gasteiger partial charge in [-0.3, -0.25) is 9.59 Å². The fourth-order valence-corrected chi connectivity index (χ4v) is 3.97. The summed E-state index contributed by atoms with van der Waals surface area (Å²) >= 11 is 0.932. The van der Waals surface area contributed by atoms with Gasteiger partial charge in [-0.1, -0.05) is 29.8 Å². The monoisotopic (exact) mass is 440 g/mol. The quantitative estimate of drug-likeness (QED) is 0.517. The van der Waals surface area contributed by atoms with E-state index >= 15 is 0 Å². The number of hydrogen-bond donors (Lipinski definition) is 2. The lowest BCUT2D eigenvalue weighted by molar-refractivity contribution is 0.0527. The molecule has 2 aromatic carbocycles. The molecule has 0 aliphatic rings. The number of ether oxygens (including phenoxy) is 1. The summed E-state index contributed by atoms with van der Waals surface area (Å²) in [6.45, 7) is 5.29. The zero-order valence-corrected chi connectivity index (χ0v) is 18.1. The van der Waals surface area contributed by atoms with Crippen LogP contribution in [-0.4, -0.2) is 24.4 Å². The molecule has 2 amide bonds. The molecule has 2 N–H and O–H groups in total. The van der Waals surface area contributed by atoms with E-state index in [4.69, 9.17) is 4.74 Å². The summed E-state index contributed by atoms with van der Waals surface area (Å²) in [5.41, 5.74) is 1.87. The number of thiophene rings is 1. The maximum Gasteiger partial charge on any atom is 0.341 e. The van der Waals surface area contributed by atoms with Crippen molar-refractivity contribution < 1.29 is 23.5 Å². The number of rotatable bonds is 6. The molecule has 0 saturated carbocycles. The third-order valence-electron chi connectivity index (χ3n) is 4.50. The molecule has 160 valence electrons. The van der Waals surface area contributed by atoms with Gasteiger partial charge in [-0.2, -0.15) is 0 Å². The van der Waals surface area contributed by atoms with E-state index in [1.54, 1.807) is 44.2 Å². The van der Waals surface area contributed by atoms with Crippen molar-refractivity contribution in [3.05, 3.63) is 81.5 Å². The van der Waals surface area contributed by atoms with E-state index in [9.17, 15) is 18.8 Å². The highest BCUT2D eigenvalue weighted by atomic mass is 32.1. The van der Waals surface area contributed by atoms with Crippen LogP contribution < -0.4 is 10.6 Å². The topological polar surface area (TPSA) is 84.5 Å². The largest absolute Gasteiger partial charge is 0.462 e. The Morgan fingerprint density at radius 2 is 1.65 bits per heavy atom. The lowest BCUT2D eigenvalue weighted by Gasteiger charge is -2.07. The molecule has 1 heterocycles. The highest BCUT2D eigenvalue weighted by Crippen LogP contribution is 2.35. The molecule has 31 heavy (non-hydrogen) atoms. The van der Waals surface area contributed by atoms with Crippen molar-refractivity contribution in [1.29, 1.82) is 0 Å². The lowest BCUT2D eigenvalue weighted by atomic mass is 10.1. The third kappa shape index (κ3) is 4.97. The second kappa shape index (κ2) is 9.53. The summed E-state index contributed by atoms with van der Waals surface area (Å²) < 4.78 is 19.0. The predicted octanol–water partition coefficient (Wildman–Crippen LogP) is 5.19. The number of carbonyl (C=O) groups excluding carboxylic acids is 3. The van der Waals surface area contributed by atoms with E-state index in [0.717, 1.165) is 16.9 Å². The molecule has 8 heteroatoms. The molecular weight excluding hydrogens is 419 g/mol. The molecule has 1 aromatic heterocycles. The predicted molar refractivity (Wildman–Crippen MR) is 118 cm³/mol. The minimum absolute atomic E-state index is 0.0169. The molecule has 0 saturated heterocycles. The van der Waals surface area contributed by atoms with E-state index < -0.39 is 23.6 Å². The van der Waals surface area contributed by atoms with Gasteiger partial charge in [0.2, 0.25) is 0 Å². The maximum atomic E-state index is 13.9. The van der Waals surface area contributed by atoms with Crippen LogP contribution in [0.15, 0.2) is 48.5 Å². The fourth-order valence-electron chi connectivity index (χ4n) is 2.89. The molecule has 3 aromatic rings. The molecular formula is C23H21FN2O4S. The van der Waals surface area contributed by atoms with E-state index in [0.29, 0.717) is 11.1 Å². The SMILES string of the molecule is CCOC(=O)c1c(NC(=O)c2ccc(C)cc2)sc(C(=O)Nc2ccccc2F)c1C. The first kappa shape index (κ1) is 22.2. The molecule has 0 aliphatic heterocycles. The van der Waals surface area contributed by atoms with E-state index in [-0.39, 0.29) is 27.7 Å². The Bertz CT molecular complexity index is 1140. The number of amides is 2. The second-order valence-electron chi connectivity index (χ2n) is 6.73. The standard InChI is InChI=1S/C23H21FN2O4S/c1-4-30-23(29)18-14(3)19(21(28)25-17-8-6-5-7-16(17)24)31-22(18)26-20(27)15-11-9-13(2)10-12-15/h5-12H,4H2,1-3H3,(H,25,28)(H,26,27).